The van der Waals surface area contributed by atoms with Crippen LogP contribution in [0.15, 0.2) is 12.1 Å². The Bertz CT molecular complexity index is 280. The van der Waals surface area contributed by atoms with Gasteiger partial charge in [0.05, 0.1) is 5.69 Å². The summed E-state index contributed by atoms with van der Waals surface area (Å²) >= 11 is 1.88. The lowest BCUT2D eigenvalue weighted by Crippen LogP contribution is -2.10. The van der Waals surface area contributed by atoms with E-state index in [2.05, 4.69) is 0 Å². The van der Waals surface area contributed by atoms with Crippen LogP contribution in [0.2, 0.25) is 0 Å². The van der Waals surface area contributed by atoms with E-state index in [9.17, 15) is 4.39 Å². The monoisotopic (exact) mass is 282 g/mol. The number of benzene rings is 1. The second kappa shape index (κ2) is 3.55. The lowest BCUT2D eigenvalue weighted by Gasteiger charge is -2.07. The van der Waals surface area contributed by atoms with Crippen LogP contribution in [-0.2, 0) is 0 Å². The normalized spacial score (nSPS) is 13.0. The van der Waals surface area contributed by atoms with E-state index < -0.39 is 12.0 Å². The summed E-state index contributed by atoms with van der Waals surface area (Å²) in [6.07, 6.45) is -1.16. The van der Waals surface area contributed by atoms with Crippen molar-refractivity contribution in [3.05, 3.63) is 27.1 Å². The highest BCUT2D eigenvalue weighted by Gasteiger charge is 2.08. The average Bonchev–Trinajstić information content (AvgIpc) is 1.99. The third kappa shape index (κ3) is 1.85. The molecule has 0 aromatic heterocycles. The summed E-state index contributed by atoms with van der Waals surface area (Å²) in [7, 11) is 0. The van der Waals surface area contributed by atoms with Gasteiger partial charge in [0.2, 0.25) is 0 Å². The maximum absolute atomic E-state index is 12.9. The van der Waals surface area contributed by atoms with Crippen molar-refractivity contribution >= 4 is 28.3 Å². The largest absolute Gasteiger partial charge is 0.395 e. The number of rotatable bonds is 1. The number of anilines is 1. The van der Waals surface area contributed by atoms with Gasteiger partial charge in [0.25, 0.3) is 0 Å². The van der Waals surface area contributed by atoms with Gasteiger partial charge < -0.3 is 16.6 Å². The molecule has 5 N–H and O–H groups in total. The molecule has 0 spiro atoms. The van der Waals surface area contributed by atoms with Crippen molar-refractivity contribution in [3.8, 4) is 0 Å². The van der Waals surface area contributed by atoms with Gasteiger partial charge in [-0.2, -0.15) is 0 Å². The smallest absolute Gasteiger partial charge is 0.147 e. The summed E-state index contributed by atoms with van der Waals surface area (Å²) in [5.41, 5.74) is 10.9. The molecule has 1 rings (SSSR count). The number of nitrogens with two attached hydrogens (primary N) is 2. The Morgan fingerprint density at radius 3 is 2.50 bits per heavy atom. The third-order valence-electron chi connectivity index (χ3n) is 1.44. The Morgan fingerprint density at radius 2 is 2.08 bits per heavy atom. The molecule has 1 atom stereocenters. The molecule has 3 nitrogen and oxygen atoms in total. The van der Waals surface area contributed by atoms with Crippen LogP contribution in [0.25, 0.3) is 0 Å². The molecule has 66 valence electrons. The second-order valence-electron chi connectivity index (χ2n) is 2.34. The van der Waals surface area contributed by atoms with E-state index in [4.69, 9.17) is 16.6 Å². The number of nitrogen functional groups attached to an aromatic ring is 1. The van der Waals surface area contributed by atoms with Crippen LogP contribution < -0.4 is 11.5 Å². The molecular formula is C7H8FIN2O. The van der Waals surface area contributed by atoms with Crippen LogP contribution >= 0.6 is 22.6 Å². The van der Waals surface area contributed by atoms with Crippen LogP contribution in [-0.4, -0.2) is 5.11 Å². The number of aliphatic hydroxyl groups is 1. The second-order valence-corrected chi connectivity index (χ2v) is 3.51. The first-order valence-electron chi connectivity index (χ1n) is 3.20. The zero-order chi connectivity index (χ0) is 9.30. The summed E-state index contributed by atoms with van der Waals surface area (Å²) in [5.74, 6) is -0.554. The molecule has 1 aromatic carbocycles. The fourth-order valence-electron chi connectivity index (χ4n) is 0.775. The molecule has 0 heterocycles. The van der Waals surface area contributed by atoms with Crippen molar-refractivity contribution in [1.82, 2.24) is 0 Å². The molecule has 0 saturated heterocycles. The minimum atomic E-state index is -1.16. The fourth-order valence-corrected chi connectivity index (χ4v) is 1.39. The van der Waals surface area contributed by atoms with E-state index in [-0.39, 0.29) is 5.69 Å². The molecule has 0 bridgehead atoms. The maximum Gasteiger partial charge on any atom is 0.147 e. The Balaban J connectivity index is 3.21. The molecule has 0 radical (unpaired) electrons. The topological polar surface area (TPSA) is 72.3 Å². The minimum absolute atomic E-state index is 0.0833. The van der Waals surface area contributed by atoms with Crippen molar-refractivity contribution in [2.75, 3.05) is 5.73 Å². The van der Waals surface area contributed by atoms with Gasteiger partial charge in [-0.1, -0.05) is 0 Å². The van der Waals surface area contributed by atoms with Gasteiger partial charge in [0.1, 0.15) is 12.0 Å². The Labute approximate surface area is 82.7 Å². The van der Waals surface area contributed by atoms with Crippen molar-refractivity contribution in [2.24, 2.45) is 5.73 Å². The van der Waals surface area contributed by atoms with Crippen LogP contribution in [0.4, 0.5) is 10.1 Å². The fraction of sp³-hybridized carbons (Fsp3) is 0.143. The van der Waals surface area contributed by atoms with Gasteiger partial charge in [0.15, 0.2) is 0 Å². The first-order valence-corrected chi connectivity index (χ1v) is 4.28. The number of hydrogen-bond acceptors (Lipinski definition) is 3. The van der Waals surface area contributed by atoms with Gasteiger partial charge >= 0.3 is 0 Å². The average molecular weight is 282 g/mol. The van der Waals surface area contributed by atoms with E-state index in [1.54, 1.807) is 6.07 Å². The van der Waals surface area contributed by atoms with Crippen LogP contribution in [0.1, 0.15) is 11.8 Å². The highest BCUT2D eigenvalue weighted by molar-refractivity contribution is 14.1. The summed E-state index contributed by atoms with van der Waals surface area (Å²) in [6, 6.07) is 2.67. The quantitative estimate of drug-likeness (QED) is 0.408. The standard InChI is InChI=1S/C7H8FIN2O/c8-4-1-3(7(11)12)2-5(9)6(4)10/h1-2,7,12H,10-11H2. The molecule has 0 aliphatic rings. The van der Waals surface area contributed by atoms with Crippen molar-refractivity contribution < 1.29 is 9.50 Å². The summed E-state index contributed by atoms with van der Waals surface area (Å²) in [5, 5.41) is 8.93. The molecule has 5 heteroatoms. The molecule has 0 aliphatic heterocycles. The van der Waals surface area contributed by atoms with Crippen molar-refractivity contribution in [2.45, 2.75) is 6.23 Å². The van der Waals surface area contributed by atoms with E-state index in [1.165, 1.54) is 0 Å². The van der Waals surface area contributed by atoms with Gasteiger partial charge in [-0.25, -0.2) is 4.39 Å². The van der Waals surface area contributed by atoms with Gasteiger partial charge in [-0.15, -0.1) is 0 Å². The summed E-state index contributed by atoms with van der Waals surface area (Å²) in [6.45, 7) is 0. The van der Waals surface area contributed by atoms with Crippen molar-refractivity contribution in [3.63, 3.8) is 0 Å². The Morgan fingerprint density at radius 1 is 1.50 bits per heavy atom. The maximum atomic E-state index is 12.9. The first-order chi connectivity index (χ1) is 5.52. The van der Waals surface area contributed by atoms with Crippen LogP contribution in [0, 0.1) is 9.39 Å². The predicted octanol–water partition coefficient (Wildman–Crippen LogP) is 0.962. The van der Waals surface area contributed by atoms with Crippen molar-refractivity contribution in [1.29, 1.82) is 0 Å². The molecular weight excluding hydrogens is 274 g/mol. The predicted molar refractivity (Wildman–Crippen MR) is 52.7 cm³/mol. The highest BCUT2D eigenvalue weighted by Crippen LogP contribution is 2.22. The van der Waals surface area contributed by atoms with Gasteiger partial charge in [0, 0.05) is 3.57 Å². The summed E-state index contributed by atoms with van der Waals surface area (Å²) < 4.78 is 13.5. The SMILES string of the molecule is Nc1c(F)cc(C(N)O)cc1I. The Kier molecular flexibility index (Phi) is 2.86. The van der Waals surface area contributed by atoms with E-state index in [0.717, 1.165) is 6.07 Å². The highest BCUT2D eigenvalue weighted by atomic mass is 127. The van der Waals surface area contributed by atoms with E-state index in [0.29, 0.717) is 9.13 Å². The molecule has 1 aromatic rings. The molecule has 0 fully saturated rings. The van der Waals surface area contributed by atoms with Crippen LogP contribution in [0.3, 0.4) is 0 Å². The molecule has 0 saturated carbocycles. The summed E-state index contributed by atoms with van der Waals surface area (Å²) in [4.78, 5) is 0. The third-order valence-corrected chi connectivity index (χ3v) is 2.34. The lowest BCUT2D eigenvalue weighted by atomic mass is 10.2. The van der Waals surface area contributed by atoms with Gasteiger partial charge in [-0.3, -0.25) is 0 Å². The zero-order valence-electron chi connectivity index (χ0n) is 6.09. The van der Waals surface area contributed by atoms with Crippen LogP contribution in [0.5, 0.6) is 0 Å². The number of halogens is 2. The number of hydrogen-bond donors (Lipinski definition) is 3. The van der Waals surface area contributed by atoms with E-state index in [1.807, 2.05) is 22.6 Å². The zero-order valence-corrected chi connectivity index (χ0v) is 8.25. The van der Waals surface area contributed by atoms with Gasteiger partial charge in [-0.05, 0) is 40.3 Å². The first kappa shape index (κ1) is 9.69. The number of aliphatic hydroxyl groups excluding tert-OH is 1. The molecule has 0 amide bonds. The molecule has 12 heavy (non-hydrogen) atoms. The van der Waals surface area contributed by atoms with E-state index >= 15 is 0 Å². The molecule has 1 unspecified atom stereocenters. The lowest BCUT2D eigenvalue weighted by molar-refractivity contribution is 0.186. The Hall–Kier alpha value is -0.400. The molecule has 0 aliphatic carbocycles. The minimum Gasteiger partial charge on any atom is -0.395 e.